The predicted molar refractivity (Wildman–Crippen MR) is 86.1 cm³/mol. The maximum absolute atomic E-state index is 6.07. The van der Waals surface area contributed by atoms with Crippen molar-refractivity contribution in [3.05, 3.63) is 12.4 Å². The molecule has 2 saturated heterocycles. The van der Waals surface area contributed by atoms with Gasteiger partial charge in [-0.1, -0.05) is 0 Å². The molecular weight excluding hydrogens is 279 g/mol. The Hall–Kier alpha value is -0.845. The topological polar surface area (TPSA) is 45.5 Å². The van der Waals surface area contributed by atoms with E-state index in [1.165, 1.54) is 0 Å². The molecule has 0 aromatic carbocycles. The SMILES string of the molecule is C[C@H]1CC(Cn2cc(B3OC(C)(C)C(C)(C)O3)cn2)CCO1. The lowest BCUT2D eigenvalue weighted by Crippen LogP contribution is -2.41. The van der Waals surface area contributed by atoms with Crippen LogP contribution in [0.4, 0.5) is 0 Å². The molecule has 3 heterocycles. The molecule has 22 heavy (non-hydrogen) atoms. The van der Waals surface area contributed by atoms with E-state index in [0.717, 1.165) is 31.5 Å². The Bertz CT molecular complexity index is 513. The molecule has 2 fully saturated rings. The van der Waals surface area contributed by atoms with Crippen molar-refractivity contribution in [2.24, 2.45) is 5.92 Å². The van der Waals surface area contributed by atoms with E-state index >= 15 is 0 Å². The van der Waals surface area contributed by atoms with E-state index in [-0.39, 0.29) is 18.3 Å². The Morgan fingerprint density at radius 1 is 1.27 bits per heavy atom. The highest BCUT2D eigenvalue weighted by Gasteiger charge is 2.52. The molecule has 2 aliphatic heterocycles. The third-order valence-electron chi connectivity index (χ3n) is 5.22. The average molecular weight is 306 g/mol. The monoisotopic (exact) mass is 306 g/mol. The molecule has 0 N–H and O–H groups in total. The lowest BCUT2D eigenvalue weighted by Gasteiger charge is -2.32. The second-order valence-electron chi connectivity index (χ2n) is 7.66. The quantitative estimate of drug-likeness (QED) is 0.801. The van der Waals surface area contributed by atoms with Gasteiger partial charge in [0.1, 0.15) is 0 Å². The molecule has 122 valence electrons. The van der Waals surface area contributed by atoms with Crippen LogP contribution in [0.3, 0.4) is 0 Å². The zero-order valence-electron chi connectivity index (χ0n) is 14.3. The molecule has 3 rings (SSSR count). The summed E-state index contributed by atoms with van der Waals surface area (Å²) in [5.41, 5.74) is 0.380. The second-order valence-corrected chi connectivity index (χ2v) is 7.66. The van der Waals surface area contributed by atoms with Gasteiger partial charge in [0.2, 0.25) is 0 Å². The highest BCUT2D eigenvalue weighted by atomic mass is 16.7. The van der Waals surface area contributed by atoms with E-state index in [4.69, 9.17) is 14.0 Å². The van der Waals surface area contributed by atoms with Crippen LogP contribution >= 0.6 is 0 Å². The van der Waals surface area contributed by atoms with Gasteiger partial charge in [-0.15, -0.1) is 0 Å². The van der Waals surface area contributed by atoms with Gasteiger partial charge in [0.15, 0.2) is 0 Å². The molecule has 0 saturated carbocycles. The molecule has 2 aliphatic rings. The van der Waals surface area contributed by atoms with Crippen LogP contribution in [0.15, 0.2) is 12.4 Å². The molecule has 0 radical (unpaired) electrons. The van der Waals surface area contributed by atoms with Crippen molar-refractivity contribution in [3.63, 3.8) is 0 Å². The van der Waals surface area contributed by atoms with Crippen LogP contribution in [0.1, 0.15) is 47.5 Å². The first-order chi connectivity index (χ1) is 10.3. The van der Waals surface area contributed by atoms with E-state index in [0.29, 0.717) is 12.0 Å². The highest BCUT2D eigenvalue weighted by molar-refractivity contribution is 6.61. The van der Waals surface area contributed by atoms with Crippen LogP contribution in [-0.4, -0.2) is 40.8 Å². The first kappa shape index (κ1) is 16.0. The van der Waals surface area contributed by atoms with Gasteiger partial charge in [-0.3, -0.25) is 4.68 Å². The second kappa shape index (κ2) is 5.66. The summed E-state index contributed by atoms with van der Waals surface area (Å²) in [5.74, 6) is 0.634. The largest absolute Gasteiger partial charge is 0.498 e. The Balaban J connectivity index is 1.65. The summed E-state index contributed by atoms with van der Waals surface area (Å²) in [6, 6.07) is 0. The van der Waals surface area contributed by atoms with Gasteiger partial charge >= 0.3 is 7.12 Å². The van der Waals surface area contributed by atoms with E-state index < -0.39 is 0 Å². The van der Waals surface area contributed by atoms with Crippen molar-refractivity contribution in [2.75, 3.05) is 6.61 Å². The first-order valence-corrected chi connectivity index (χ1v) is 8.26. The summed E-state index contributed by atoms with van der Waals surface area (Å²) in [6.07, 6.45) is 6.49. The third-order valence-corrected chi connectivity index (χ3v) is 5.22. The molecule has 1 unspecified atom stereocenters. The van der Waals surface area contributed by atoms with Gasteiger partial charge in [-0.05, 0) is 53.4 Å². The molecule has 6 heteroatoms. The van der Waals surface area contributed by atoms with E-state index in [9.17, 15) is 0 Å². The number of ether oxygens (including phenoxy) is 1. The van der Waals surface area contributed by atoms with Gasteiger partial charge < -0.3 is 14.0 Å². The zero-order chi connectivity index (χ0) is 16.0. The van der Waals surface area contributed by atoms with Gasteiger partial charge in [-0.25, -0.2) is 0 Å². The molecule has 1 aromatic rings. The van der Waals surface area contributed by atoms with E-state index in [1.807, 2.05) is 10.9 Å². The lowest BCUT2D eigenvalue weighted by molar-refractivity contribution is -0.00176. The smallest absolute Gasteiger partial charge is 0.399 e. The number of rotatable bonds is 3. The standard InChI is InChI=1S/C16H27BN2O3/c1-12-8-13(6-7-20-12)10-19-11-14(9-18-19)17-21-15(2,3)16(4,5)22-17/h9,11-13H,6-8,10H2,1-5H3/t12-,13?/m0/s1. The summed E-state index contributed by atoms with van der Waals surface area (Å²) >= 11 is 0. The maximum atomic E-state index is 6.07. The fourth-order valence-electron chi connectivity index (χ4n) is 3.10. The molecule has 0 spiro atoms. The summed E-state index contributed by atoms with van der Waals surface area (Å²) in [5, 5.41) is 4.49. The predicted octanol–water partition coefficient (Wildman–Crippen LogP) is 2.00. The molecule has 0 amide bonds. The minimum atomic E-state index is -0.327. The van der Waals surface area contributed by atoms with Crippen molar-refractivity contribution in [1.82, 2.24) is 9.78 Å². The van der Waals surface area contributed by atoms with Gasteiger partial charge in [0.05, 0.1) is 17.3 Å². The Kier molecular flexibility index (Phi) is 4.12. The van der Waals surface area contributed by atoms with E-state index in [1.54, 1.807) is 0 Å². The van der Waals surface area contributed by atoms with Crippen LogP contribution in [-0.2, 0) is 20.6 Å². The van der Waals surface area contributed by atoms with Crippen LogP contribution in [0.25, 0.3) is 0 Å². The van der Waals surface area contributed by atoms with Crippen molar-refractivity contribution < 1.29 is 14.0 Å². The van der Waals surface area contributed by atoms with Gasteiger partial charge in [0, 0.05) is 31.0 Å². The number of aromatic nitrogens is 2. The minimum Gasteiger partial charge on any atom is -0.399 e. The number of nitrogens with zero attached hydrogens (tertiary/aromatic N) is 2. The molecule has 0 aliphatic carbocycles. The van der Waals surface area contributed by atoms with Gasteiger partial charge in [0.25, 0.3) is 0 Å². The van der Waals surface area contributed by atoms with Gasteiger partial charge in [-0.2, -0.15) is 5.10 Å². The van der Waals surface area contributed by atoms with Crippen molar-refractivity contribution in [1.29, 1.82) is 0 Å². The van der Waals surface area contributed by atoms with Crippen molar-refractivity contribution in [2.45, 2.75) is 71.3 Å². The van der Waals surface area contributed by atoms with Crippen molar-refractivity contribution >= 4 is 12.6 Å². The maximum Gasteiger partial charge on any atom is 0.498 e. The summed E-state index contributed by atoms with van der Waals surface area (Å²) in [4.78, 5) is 0. The molecule has 5 nitrogen and oxygen atoms in total. The minimum absolute atomic E-state index is 0.310. The van der Waals surface area contributed by atoms with Crippen LogP contribution in [0, 0.1) is 5.92 Å². The van der Waals surface area contributed by atoms with Crippen molar-refractivity contribution in [3.8, 4) is 0 Å². The first-order valence-electron chi connectivity index (χ1n) is 8.26. The van der Waals surface area contributed by atoms with Crippen LogP contribution in [0.5, 0.6) is 0 Å². The average Bonchev–Trinajstić information content (AvgIpc) is 2.93. The molecular formula is C16H27BN2O3. The summed E-state index contributed by atoms with van der Waals surface area (Å²) in [7, 11) is -0.327. The Morgan fingerprint density at radius 3 is 2.59 bits per heavy atom. The third kappa shape index (κ3) is 3.10. The van der Waals surface area contributed by atoms with Crippen LogP contribution in [0.2, 0.25) is 0 Å². The lowest BCUT2D eigenvalue weighted by atomic mass is 9.82. The highest BCUT2D eigenvalue weighted by Crippen LogP contribution is 2.36. The summed E-state index contributed by atoms with van der Waals surface area (Å²) < 4.78 is 19.8. The molecule has 2 atom stereocenters. The van der Waals surface area contributed by atoms with E-state index in [2.05, 4.69) is 45.9 Å². The van der Waals surface area contributed by atoms with Crippen LogP contribution < -0.4 is 5.46 Å². The molecule has 1 aromatic heterocycles. The fraction of sp³-hybridized carbons (Fsp3) is 0.812. The normalized spacial score (nSPS) is 30.7. The number of hydrogen-bond donors (Lipinski definition) is 0. The Morgan fingerprint density at radius 2 is 1.95 bits per heavy atom. The summed E-state index contributed by atoms with van der Waals surface area (Å²) in [6.45, 7) is 12.2. The zero-order valence-corrected chi connectivity index (χ0v) is 14.3. The number of hydrogen-bond acceptors (Lipinski definition) is 4. The molecule has 0 bridgehead atoms. The fourth-order valence-corrected chi connectivity index (χ4v) is 3.10. The Labute approximate surface area is 133 Å².